The lowest BCUT2D eigenvalue weighted by molar-refractivity contribution is -0.131. The fourth-order valence-corrected chi connectivity index (χ4v) is 4.17. The highest BCUT2D eigenvalue weighted by Crippen LogP contribution is 2.30. The standard InChI is InChI=1S/C20H25N3O2S/c1-14-3-5-16(6-4-14)11-19(25)23-9-7-17(8-10-23)20-22-18(13-26-20)12-21-15(2)24/h3-6,13,17H,7-12H2,1-2H3,(H,21,24). The molecule has 1 N–H and O–H groups in total. The Kier molecular flexibility index (Phi) is 6.04. The predicted molar refractivity (Wildman–Crippen MR) is 103 cm³/mol. The topological polar surface area (TPSA) is 62.3 Å². The number of carbonyl (C=O) groups excluding carboxylic acids is 2. The largest absolute Gasteiger partial charge is 0.351 e. The highest BCUT2D eigenvalue weighted by atomic mass is 32.1. The maximum Gasteiger partial charge on any atom is 0.226 e. The van der Waals surface area contributed by atoms with Crippen molar-refractivity contribution >= 4 is 23.2 Å². The van der Waals surface area contributed by atoms with Gasteiger partial charge in [0.1, 0.15) is 0 Å². The zero-order valence-electron chi connectivity index (χ0n) is 15.3. The number of likely N-dealkylation sites (tertiary alicyclic amines) is 1. The van der Waals surface area contributed by atoms with E-state index in [1.165, 1.54) is 12.5 Å². The maximum atomic E-state index is 12.5. The van der Waals surface area contributed by atoms with Crippen LogP contribution in [0.5, 0.6) is 0 Å². The highest BCUT2D eigenvalue weighted by molar-refractivity contribution is 7.09. The van der Waals surface area contributed by atoms with Crippen molar-refractivity contribution in [3.63, 3.8) is 0 Å². The van der Waals surface area contributed by atoms with Crippen molar-refractivity contribution in [3.05, 3.63) is 51.5 Å². The van der Waals surface area contributed by atoms with Crippen LogP contribution in [-0.4, -0.2) is 34.8 Å². The van der Waals surface area contributed by atoms with E-state index in [0.29, 0.717) is 18.9 Å². The minimum Gasteiger partial charge on any atom is -0.351 e. The van der Waals surface area contributed by atoms with Crippen LogP contribution in [0.2, 0.25) is 0 Å². The summed E-state index contributed by atoms with van der Waals surface area (Å²) in [4.78, 5) is 30.1. The third-order valence-corrected chi connectivity index (χ3v) is 5.82. The van der Waals surface area contributed by atoms with E-state index in [1.54, 1.807) is 11.3 Å². The summed E-state index contributed by atoms with van der Waals surface area (Å²) in [5.74, 6) is 0.576. The lowest BCUT2D eigenvalue weighted by atomic mass is 9.97. The molecule has 6 heteroatoms. The third kappa shape index (κ3) is 4.91. The van der Waals surface area contributed by atoms with E-state index < -0.39 is 0 Å². The van der Waals surface area contributed by atoms with Crippen molar-refractivity contribution in [1.82, 2.24) is 15.2 Å². The first-order valence-electron chi connectivity index (χ1n) is 9.03. The van der Waals surface area contributed by atoms with E-state index in [4.69, 9.17) is 0 Å². The van der Waals surface area contributed by atoms with Gasteiger partial charge in [-0.05, 0) is 25.3 Å². The van der Waals surface area contributed by atoms with Crippen molar-refractivity contribution in [1.29, 1.82) is 0 Å². The van der Waals surface area contributed by atoms with Gasteiger partial charge in [-0.3, -0.25) is 9.59 Å². The molecule has 26 heavy (non-hydrogen) atoms. The molecule has 0 radical (unpaired) electrons. The Morgan fingerprint density at radius 1 is 1.23 bits per heavy atom. The summed E-state index contributed by atoms with van der Waals surface area (Å²) in [5.41, 5.74) is 3.20. The molecular formula is C20H25N3O2S. The van der Waals surface area contributed by atoms with Crippen molar-refractivity contribution in [3.8, 4) is 0 Å². The number of hydrogen-bond donors (Lipinski definition) is 1. The van der Waals surface area contributed by atoms with Crippen LogP contribution in [-0.2, 0) is 22.6 Å². The van der Waals surface area contributed by atoms with Crippen LogP contribution in [0, 0.1) is 6.92 Å². The van der Waals surface area contributed by atoms with E-state index in [-0.39, 0.29) is 11.8 Å². The van der Waals surface area contributed by atoms with E-state index in [2.05, 4.69) is 29.4 Å². The van der Waals surface area contributed by atoms with E-state index in [0.717, 1.165) is 42.2 Å². The van der Waals surface area contributed by atoms with Gasteiger partial charge in [0.15, 0.2) is 0 Å². The third-order valence-electron chi connectivity index (χ3n) is 4.76. The number of carbonyl (C=O) groups is 2. The number of hydrogen-bond acceptors (Lipinski definition) is 4. The molecule has 2 heterocycles. The van der Waals surface area contributed by atoms with Gasteiger partial charge in [0.2, 0.25) is 11.8 Å². The SMILES string of the molecule is CC(=O)NCc1csc(C2CCN(C(=O)Cc3ccc(C)cc3)CC2)n1. The number of benzene rings is 1. The second kappa shape index (κ2) is 8.45. The van der Waals surface area contributed by atoms with E-state index in [1.807, 2.05) is 22.4 Å². The van der Waals surface area contributed by atoms with Gasteiger partial charge in [0.25, 0.3) is 0 Å². The molecule has 0 atom stereocenters. The number of rotatable bonds is 5. The molecule has 1 fully saturated rings. The Morgan fingerprint density at radius 3 is 2.58 bits per heavy atom. The zero-order valence-corrected chi connectivity index (χ0v) is 16.1. The van der Waals surface area contributed by atoms with Gasteiger partial charge < -0.3 is 10.2 Å². The quantitative estimate of drug-likeness (QED) is 0.879. The molecule has 1 aromatic heterocycles. The summed E-state index contributed by atoms with van der Waals surface area (Å²) in [6.45, 7) is 5.62. The molecule has 5 nitrogen and oxygen atoms in total. The second-order valence-electron chi connectivity index (χ2n) is 6.90. The number of nitrogens with zero attached hydrogens (tertiary/aromatic N) is 2. The average Bonchev–Trinajstić information content (AvgIpc) is 3.11. The van der Waals surface area contributed by atoms with Crippen LogP contribution < -0.4 is 5.32 Å². The smallest absolute Gasteiger partial charge is 0.226 e. The van der Waals surface area contributed by atoms with Crippen LogP contribution >= 0.6 is 11.3 Å². The average molecular weight is 372 g/mol. The normalized spacial score (nSPS) is 15.1. The van der Waals surface area contributed by atoms with Gasteiger partial charge in [-0.1, -0.05) is 29.8 Å². The summed E-state index contributed by atoms with van der Waals surface area (Å²) >= 11 is 1.66. The summed E-state index contributed by atoms with van der Waals surface area (Å²) in [7, 11) is 0. The van der Waals surface area contributed by atoms with E-state index >= 15 is 0 Å². The van der Waals surface area contributed by atoms with Gasteiger partial charge in [-0.15, -0.1) is 11.3 Å². The van der Waals surface area contributed by atoms with Gasteiger partial charge in [-0.25, -0.2) is 4.98 Å². The van der Waals surface area contributed by atoms with E-state index in [9.17, 15) is 9.59 Å². The highest BCUT2D eigenvalue weighted by Gasteiger charge is 2.25. The summed E-state index contributed by atoms with van der Waals surface area (Å²) in [6, 6.07) is 8.17. The minimum atomic E-state index is -0.0417. The number of nitrogens with one attached hydrogen (secondary N) is 1. The second-order valence-corrected chi connectivity index (χ2v) is 7.79. The first-order chi connectivity index (χ1) is 12.5. The van der Waals surface area contributed by atoms with Crippen molar-refractivity contribution in [2.24, 2.45) is 0 Å². The summed E-state index contributed by atoms with van der Waals surface area (Å²) in [5, 5.41) is 5.91. The van der Waals surface area contributed by atoms with Crippen LogP contribution in [0.4, 0.5) is 0 Å². The Labute approximate surface area is 158 Å². The van der Waals surface area contributed by atoms with Gasteiger partial charge in [-0.2, -0.15) is 0 Å². The monoisotopic (exact) mass is 371 g/mol. The van der Waals surface area contributed by atoms with Gasteiger partial charge in [0, 0.05) is 31.3 Å². The van der Waals surface area contributed by atoms with Crippen molar-refractivity contribution < 1.29 is 9.59 Å². The molecule has 2 aromatic rings. The molecule has 0 bridgehead atoms. The summed E-state index contributed by atoms with van der Waals surface area (Å²) < 4.78 is 0. The van der Waals surface area contributed by atoms with Crippen LogP contribution in [0.3, 0.4) is 0 Å². The number of piperidine rings is 1. The molecule has 3 rings (SSSR count). The number of aryl methyl sites for hydroxylation is 1. The molecule has 138 valence electrons. The molecule has 2 amide bonds. The molecule has 0 spiro atoms. The number of thiazole rings is 1. The Bertz CT molecular complexity index is 762. The first kappa shape index (κ1) is 18.6. The molecule has 1 aliphatic rings. The number of aromatic nitrogens is 1. The van der Waals surface area contributed by atoms with Crippen LogP contribution in [0.25, 0.3) is 0 Å². The fourth-order valence-electron chi connectivity index (χ4n) is 3.17. The molecule has 0 unspecified atom stereocenters. The number of amides is 2. The molecular weight excluding hydrogens is 346 g/mol. The molecule has 1 aromatic carbocycles. The van der Waals surface area contributed by atoms with Crippen molar-refractivity contribution in [2.45, 2.75) is 45.6 Å². The Balaban J connectivity index is 1.50. The maximum absolute atomic E-state index is 12.5. The zero-order chi connectivity index (χ0) is 18.5. The molecule has 1 aliphatic heterocycles. The molecule has 0 aliphatic carbocycles. The molecule has 1 saturated heterocycles. The van der Waals surface area contributed by atoms with Crippen molar-refractivity contribution in [2.75, 3.05) is 13.1 Å². The van der Waals surface area contributed by atoms with Gasteiger partial charge >= 0.3 is 0 Å². The fraction of sp³-hybridized carbons (Fsp3) is 0.450. The molecule has 0 saturated carbocycles. The first-order valence-corrected chi connectivity index (χ1v) is 9.91. The Hall–Kier alpha value is -2.21. The summed E-state index contributed by atoms with van der Waals surface area (Å²) in [6.07, 6.45) is 2.38. The van der Waals surface area contributed by atoms with Gasteiger partial charge in [0.05, 0.1) is 23.7 Å². The van der Waals surface area contributed by atoms with Crippen LogP contribution in [0.15, 0.2) is 29.6 Å². The minimum absolute atomic E-state index is 0.0417. The predicted octanol–water partition coefficient (Wildman–Crippen LogP) is 3.04. The Morgan fingerprint density at radius 2 is 1.92 bits per heavy atom. The van der Waals surface area contributed by atoms with Crippen LogP contribution in [0.1, 0.15) is 47.5 Å². The lowest BCUT2D eigenvalue weighted by Gasteiger charge is -2.31. The lowest BCUT2D eigenvalue weighted by Crippen LogP contribution is -2.38.